The molecular weight excluding hydrogens is 292 g/mol. The number of rotatable bonds is 3. The van der Waals surface area contributed by atoms with E-state index in [4.69, 9.17) is 0 Å². The zero-order chi connectivity index (χ0) is 16.4. The first-order valence-electron chi connectivity index (χ1n) is 8.23. The average Bonchev–Trinajstić information content (AvgIpc) is 2.88. The first-order valence-corrected chi connectivity index (χ1v) is 8.23. The fourth-order valence-electron chi connectivity index (χ4n) is 3.37. The van der Waals surface area contributed by atoms with Crippen LogP contribution < -0.4 is 0 Å². The van der Waals surface area contributed by atoms with Gasteiger partial charge in [-0.05, 0) is 25.3 Å². The SMILES string of the molecule is Cc1ccc(CC(=O)N2CCC(N3C(=O)CCC3=O)CC2)cc1. The number of amides is 3. The van der Waals surface area contributed by atoms with Gasteiger partial charge in [0.2, 0.25) is 17.7 Å². The second-order valence-corrected chi connectivity index (χ2v) is 6.43. The molecule has 2 heterocycles. The Morgan fingerprint density at radius 3 is 2.17 bits per heavy atom. The second-order valence-electron chi connectivity index (χ2n) is 6.43. The molecule has 0 saturated carbocycles. The minimum atomic E-state index is -0.0561. The highest BCUT2D eigenvalue weighted by atomic mass is 16.2. The van der Waals surface area contributed by atoms with Gasteiger partial charge in [0.15, 0.2) is 0 Å². The predicted octanol–water partition coefficient (Wildman–Crippen LogP) is 1.68. The van der Waals surface area contributed by atoms with Gasteiger partial charge in [0, 0.05) is 32.0 Å². The van der Waals surface area contributed by atoms with Crippen molar-refractivity contribution in [3.05, 3.63) is 35.4 Å². The Hall–Kier alpha value is -2.17. The topological polar surface area (TPSA) is 57.7 Å². The molecule has 122 valence electrons. The molecular formula is C18H22N2O3. The van der Waals surface area contributed by atoms with Crippen LogP contribution in [0.3, 0.4) is 0 Å². The van der Waals surface area contributed by atoms with E-state index < -0.39 is 0 Å². The van der Waals surface area contributed by atoms with Gasteiger partial charge in [-0.3, -0.25) is 19.3 Å². The molecule has 0 unspecified atom stereocenters. The first kappa shape index (κ1) is 15.7. The smallest absolute Gasteiger partial charge is 0.229 e. The summed E-state index contributed by atoms with van der Waals surface area (Å²) in [6.45, 7) is 3.26. The van der Waals surface area contributed by atoms with E-state index in [1.807, 2.05) is 36.1 Å². The van der Waals surface area contributed by atoms with Crippen LogP contribution in [0, 0.1) is 6.92 Å². The van der Waals surface area contributed by atoms with E-state index in [1.54, 1.807) is 0 Å². The summed E-state index contributed by atoms with van der Waals surface area (Å²) in [6, 6.07) is 7.98. The van der Waals surface area contributed by atoms with Crippen LogP contribution in [-0.4, -0.2) is 46.7 Å². The monoisotopic (exact) mass is 314 g/mol. The van der Waals surface area contributed by atoms with Crippen molar-refractivity contribution in [1.82, 2.24) is 9.80 Å². The summed E-state index contributed by atoms with van der Waals surface area (Å²) in [5, 5.41) is 0. The Balaban J connectivity index is 1.54. The number of piperidine rings is 1. The van der Waals surface area contributed by atoms with Crippen molar-refractivity contribution in [3.8, 4) is 0 Å². The van der Waals surface area contributed by atoms with E-state index in [1.165, 1.54) is 10.5 Å². The number of benzene rings is 1. The van der Waals surface area contributed by atoms with Crippen LogP contribution in [0.1, 0.15) is 36.8 Å². The van der Waals surface area contributed by atoms with Gasteiger partial charge >= 0.3 is 0 Å². The third-order valence-electron chi connectivity index (χ3n) is 4.75. The second kappa shape index (κ2) is 6.52. The van der Waals surface area contributed by atoms with Gasteiger partial charge in [-0.15, -0.1) is 0 Å². The van der Waals surface area contributed by atoms with E-state index in [-0.39, 0.29) is 23.8 Å². The summed E-state index contributed by atoms with van der Waals surface area (Å²) in [4.78, 5) is 39.3. The standard InChI is InChI=1S/C18H22N2O3/c1-13-2-4-14(5-3-13)12-18(23)19-10-8-15(9-11-19)20-16(21)6-7-17(20)22/h2-5,15H,6-12H2,1H3. The van der Waals surface area contributed by atoms with E-state index in [2.05, 4.69) is 0 Å². The third kappa shape index (κ3) is 3.44. The molecule has 2 aliphatic heterocycles. The molecule has 2 saturated heterocycles. The number of likely N-dealkylation sites (tertiary alicyclic amines) is 2. The lowest BCUT2D eigenvalue weighted by Crippen LogP contribution is -2.48. The number of aryl methyl sites for hydroxylation is 1. The van der Waals surface area contributed by atoms with Crippen molar-refractivity contribution < 1.29 is 14.4 Å². The van der Waals surface area contributed by atoms with Crippen molar-refractivity contribution in [2.24, 2.45) is 0 Å². The van der Waals surface area contributed by atoms with Gasteiger partial charge in [0.1, 0.15) is 0 Å². The van der Waals surface area contributed by atoms with E-state index in [9.17, 15) is 14.4 Å². The fraction of sp³-hybridized carbons (Fsp3) is 0.500. The van der Waals surface area contributed by atoms with Crippen molar-refractivity contribution in [3.63, 3.8) is 0 Å². The van der Waals surface area contributed by atoms with Gasteiger partial charge in [-0.25, -0.2) is 0 Å². The highest BCUT2D eigenvalue weighted by Crippen LogP contribution is 2.23. The molecule has 1 aromatic rings. The van der Waals surface area contributed by atoms with Crippen LogP contribution in [0.25, 0.3) is 0 Å². The summed E-state index contributed by atoms with van der Waals surface area (Å²) in [6.07, 6.45) is 2.47. The maximum Gasteiger partial charge on any atom is 0.229 e. The minimum absolute atomic E-state index is 0.0269. The lowest BCUT2D eigenvalue weighted by atomic mass is 10.0. The fourth-order valence-corrected chi connectivity index (χ4v) is 3.37. The number of hydrogen-bond acceptors (Lipinski definition) is 3. The molecule has 0 spiro atoms. The number of nitrogens with zero attached hydrogens (tertiary/aromatic N) is 2. The van der Waals surface area contributed by atoms with Crippen LogP contribution in [-0.2, 0) is 20.8 Å². The maximum atomic E-state index is 12.4. The van der Waals surface area contributed by atoms with Gasteiger partial charge in [-0.1, -0.05) is 29.8 Å². The van der Waals surface area contributed by atoms with E-state index in [0.717, 1.165) is 5.56 Å². The molecule has 0 radical (unpaired) electrons. The zero-order valence-electron chi connectivity index (χ0n) is 13.5. The van der Waals surface area contributed by atoms with E-state index in [0.29, 0.717) is 45.2 Å². The number of carbonyl (C=O) groups is 3. The lowest BCUT2D eigenvalue weighted by Gasteiger charge is -2.35. The van der Waals surface area contributed by atoms with Crippen LogP contribution in [0.5, 0.6) is 0 Å². The first-order chi connectivity index (χ1) is 11.0. The highest BCUT2D eigenvalue weighted by Gasteiger charge is 2.37. The molecule has 0 aliphatic carbocycles. The summed E-state index contributed by atoms with van der Waals surface area (Å²) in [5.41, 5.74) is 2.20. The minimum Gasteiger partial charge on any atom is -0.342 e. The normalized spacial score (nSPS) is 19.5. The molecule has 0 N–H and O–H groups in total. The largest absolute Gasteiger partial charge is 0.342 e. The highest BCUT2D eigenvalue weighted by molar-refractivity contribution is 6.02. The summed E-state index contributed by atoms with van der Waals surface area (Å²) in [5.74, 6) is 0.00485. The van der Waals surface area contributed by atoms with Crippen molar-refractivity contribution in [1.29, 1.82) is 0 Å². The van der Waals surface area contributed by atoms with Crippen molar-refractivity contribution in [2.75, 3.05) is 13.1 Å². The third-order valence-corrected chi connectivity index (χ3v) is 4.75. The Morgan fingerprint density at radius 2 is 1.61 bits per heavy atom. The summed E-state index contributed by atoms with van der Waals surface area (Å²) < 4.78 is 0. The van der Waals surface area contributed by atoms with Gasteiger partial charge < -0.3 is 4.90 Å². The maximum absolute atomic E-state index is 12.4. The van der Waals surface area contributed by atoms with Crippen molar-refractivity contribution >= 4 is 17.7 Å². The molecule has 0 bridgehead atoms. The van der Waals surface area contributed by atoms with Gasteiger partial charge in [0.25, 0.3) is 0 Å². The van der Waals surface area contributed by atoms with Crippen LogP contribution in [0.15, 0.2) is 24.3 Å². The molecule has 0 aromatic heterocycles. The summed E-state index contributed by atoms with van der Waals surface area (Å²) >= 11 is 0. The Kier molecular flexibility index (Phi) is 4.46. The molecule has 3 rings (SSSR count). The molecule has 3 amide bonds. The lowest BCUT2D eigenvalue weighted by molar-refractivity contribution is -0.142. The number of hydrogen-bond donors (Lipinski definition) is 0. The Bertz CT molecular complexity index is 600. The Labute approximate surface area is 136 Å². The molecule has 2 fully saturated rings. The Morgan fingerprint density at radius 1 is 1.04 bits per heavy atom. The van der Waals surface area contributed by atoms with Crippen LogP contribution in [0.4, 0.5) is 0 Å². The summed E-state index contributed by atoms with van der Waals surface area (Å²) in [7, 11) is 0. The molecule has 2 aliphatic rings. The average molecular weight is 314 g/mol. The van der Waals surface area contributed by atoms with Crippen molar-refractivity contribution in [2.45, 2.75) is 45.1 Å². The quantitative estimate of drug-likeness (QED) is 0.798. The molecule has 5 nitrogen and oxygen atoms in total. The van der Waals surface area contributed by atoms with Crippen LogP contribution >= 0.6 is 0 Å². The predicted molar refractivity (Wildman–Crippen MR) is 85.6 cm³/mol. The number of imide groups is 1. The molecule has 5 heteroatoms. The van der Waals surface area contributed by atoms with Gasteiger partial charge in [0.05, 0.1) is 6.42 Å². The van der Waals surface area contributed by atoms with Gasteiger partial charge in [-0.2, -0.15) is 0 Å². The molecule has 23 heavy (non-hydrogen) atoms. The molecule has 0 atom stereocenters. The molecule has 1 aromatic carbocycles. The zero-order valence-corrected chi connectivity index (χ0v) is 13.5. The number of carbonyl (C=O) groups excluding carboxylic acids is 3. The van der Waals surface area contributed by atoms with Crippen LogP contribution in [0.2, 0.25) is 0 Å². The van der Waals surface area contributed by atoms with E-state index >= 15 is 0 Å².